The highest BCUT2D eigenvalue weighted by atomic mass is 32.1. The van der Waals surface area contributed by atoms with Crippen molar-refractivity contribution in [3.05, 3.63) is 35.2 Å². The Morgan fingerprint density at radius 2 is 2.11 bits per heavy atom. The van der Waals surface area contributed by atoms with Crippen LogP contribution in [0.3, 0.4) is 0 Å². The molecule has 4 nitrogen and oxygen atoms in total. The Labute approximate surface area is 115 Å². The fourth-order valence-corrected chi connectivity index (χ4v) is 2.56. The zero-order valence-corrected chi connectivity index (χ0v) is 11.5. The van der Waals surface area contributed by atoms with Gasteiger partial charge in [0, 0.05) is 11.2 Å². The van der Waals surface area contributed by atoms with Gasteiger partial charge in [0.2, 0.25) is 0 Å². The maximum atomic E-state index is 11.8. The fraction of sp³-hybridized carbons (Fsp3) is 0.286. The number of esters is 1. The molecule has 0 saturated heterocycles. The summed E-state index contributed by atoms with van der Waals surface area (Å²) < 4.78 is 6.01. The van der Waals surface area contributed by atoms with Gasteiger partial charge in [-0.1, -0.05) is 25.1 Å². The van der Waals surface area contributed by atoms with E-state index in [1.807, 2.05) is 31.2 Å². The number of nitrogens with one attached hydrogen (secondary N) is 1. The Balaban J connectivity index is 1.94. The van der Waals surface area contributed by atoms with Gasteiger partial charge in [-0.3, -0.25) is 4.79 Å². The number of hydrogen-bond donors (Lipinski definition) is 1. The van der Waals surface area contributed by atoms with Gasteiger partial charge in [0.15, 0.2) is 6.61 Å². The zero-order chi connectivity index (χ0) is 13.7. The largest absolute Gasteiger partial charge is 0.451 e. The second kappa shape index (κ2) is 6.33. The van der Waals surface area contributed by atoms with Gasteiger partial charge in [-0.05, 0) is 23.9 Å². The molecule has 0 radical (unpaired) electrons. The Hall–Kier alpha value is -1.88. The minimum absolute atomic E-state index is 0.229. The van der Waals surface area contributed by atoms with E-state index in [0.29, 0.717) is 11.4 Å². The lowest BCUT2D eigenvalue weighted by molar-refractivity contribution is -0.124. The molecule has 0 aliphatic carbocycles. The van der Waals surface area contributed by atoms with Crippen molar-refractivity contribution in [1.82, 2.24) is 5.32 Å². The average molecular weight is 277 g/mol. The maximum Gasteiger partial charge on any atom is 0.348 e. The molecule has 0 saturated carbocycles. The van der Waals surface area contributed by atoms with Crippen molar-refractivity contribution in [3.63, 3.8) is 0 Å². The van der Waals surface area contributed by atoms with Gasteiger partial charge in [-0.15, -0.1) is 11.3 Å². The van der Waals surface area contributed by atoms with Crippen molar-refractivity contribution >= 4 is 33.3 Å². The van der Waals surface area contributed by atoms with E-state index >= 15 is 0 Å². The normalized spacial score (nSPS) is 10.4. The number of hydrogen-bond acceptors (Lipinski definition) is 4. The van der Waals surface area contributed by atoms with E-state index in [0.717, 1.165) is 16.5 Å². The molecule has 0 aliphatic rings. The molecule has 2 aromatic rings. The van der Waals surface area contributed by atoms with Crippen molar-refractivity contribution in [2.24, 2.45) is 0 Å². The molecule has 0 unspecified atom stereocenters. The molecule has 0 aliphatic heterocycles. The van der Waals surface area contributed by atoms with Crippen molar-refractivity contribution in [3.8, 4) is 0 Å². The van der Waals surface area contributed by atoms with Gasteiger partial charge in [0.1, 0.15) is 4.88 Å². The van der Waals surface area contributed by atoms with Crippen LogP contribution in [0.15, 0.2) is 30.3 Å². The maximum absolute atomic E-state index is 11.8. The summed E-state index contributed by atoms with van der Waals surface area (Å²) in [5, 5.41) is 3.66. The Morgan fingerprint density at radius 3 is 2.84 bits per heavy atom. The summed E-state index contributed by atoms with van der Waals surface area (Å²) >= 11 is 1.37. The molecule has 0 spiro atoms. The van der Waals surface area contributed by atoms with Gasteiger partial charge in [-0.2, -0.15) is 0 Å². The van der Waals surface area contributed by atoms with Crippen molar-refractivity contribution in [1.29, 1.82) is 0 Å². The Morgan fingerprint density at radius 1 is 1.32 bits per heavy atom. The highest BCUT2D eigenvalue weighted by Gasteiger charge is 2.13. The van der Waals surface area contributed by atoms with Crippen LogP contribution in [0, 0.1) is 0 Å². The summed E-state index contributed by atoms with van der Waals surface area (Å²) in [7, 11) is 0. The van der Waals surface area contributed by atoms with Gasteiger partial charge in [0.05, 0.1) is 0 Å². The number of benzene rings is 1. The third-order valence-electron chi connectivity index (χ3n) is 2.53. The van der Waals surface area contributed by atoms with E-state index in [1.54, 1.807) is 6.07 Å². The Bertz CT molecular complexity index is 558. The zero-order valence-electron chi connectivity index (χ0n) is 10.6. The molecule has 0 bridgehead atoms. The molecule has 5 heteroatoms. The third-order valence-corrected chi connectivity index (χ3v) is 3.63. The summed E-state index contributed by atoms with van der Waals surface area (Å²) in [5.41, 5.74) is 0. The topological polar surface area (TPSA) is 55.4 Å². The first-order valence-corrected chi connectivity index (χ1v) is 6.94. The van der Waals surface area contributed by atoms with E-state index in [9.17, 15) is 9.59 Å². The molecule has 1 amide bonds. The van der Waals surface area contributed by atoms with Gasteiger partial charge >= 0.3 is 5.97 Å². The number of amides is 1. The second-order valence-electron chi connectivity index (χ2n) is 4.07. The first-order chi connectivity index (χ1) is 9.20. The van der Waals surface area contributed by atoms with Crippen LogP contribution < -0.4 is 5.32 Å². The molecule has 0 fully saturated rings. The van der Waals surface area contributed by atoms with E-state index in [4.69, 9.17) is 4.74 Å². The predicted molar refractivity (Wildman–Crippen MR) is 75.4 cm³/mol. The Kier molecular flexibility index (Phi) is 4.52. The molecule has 19 heavy (non-hydrogen) atoms. The first-order valence-electron chi connectivity index (χ1n) is 6.13. The van der Waals surface area contributed by atoms with Crippen molar-refractivity contribution in [2.45, 2.75) is 13.3 Å². The molecule has 1 aromatic heterocycles. The fourth-order valence-electron chi connectivity index (χ4n) is 1.60. The molecule has 1 heterocycles. The van der Waals surface area contributed by atoms with Crippen LogP contribution in [-0.4, -0.2) is 25.0 Å². The smallest absolute Gasteiger partial charge is 0.348 e. The monoisotopic (exact) mass is 277 g/mol. The van der Waals surface area contributed by atoms with Crippen molar-refractivity contribution in [2.75, 3.05) is 13.2 Å². The molecule has 1 aromatic carbocycles. The highest BCUT2D eigenvalue weighted by molar-refractivity contribution is 7.20. The lowest BCUT2D eigenvalue weighted by Gasteiger charge is -2.03. The summed E-state index contributed by atoms with van der Waals surface area (Å²) in [5.74, 6) is -0.718. The number of fused-ring (bicyclic) bond motifs is 1. The van der Waals surface area contributed by atoms with Crippen molar-refractivity contribution < 1.29 is 14.3 Å². The average Bonchev–Trinajstić information content (AvgIpc) is 2.86. The summed E-state index contributed by atoms with van der Waals surface area (Å²) in [6.07, 6.45) is 0.857. The SMILES string of the molecule is CCCNC(=O)COC(=O)c1cc2ccccc2s1. The molecule has 100 valence electrons. The minimum Gasteiger partial charge on any atom is -0.451 e. The molecule has 0 atom stereocenters. The van der Waals surface area contributed by atoms with E-state index in [2.05, 4.69) is 5.32 Å². The number of ether oxygens (including phenoxy) is 1. The number of rotatable bonds is 5. The van der Waals surface area contributed by atoms with Crippen LogP contribution in [0.5, 0.6) is 0 Å². The van der Waals surface area contributed by atoms with E-state index in [1.165, 1.54) is 11.3 Å². The van der Waals surface area contributed by atoms with Crippen LogP contribution in [0.1, 0.15) is 23.0 Å². The van der Waals surface area contributed by atoms with E-state index in [-0.39, 0.29) is 12.5 Å². The van der Waals surface area contributed by atoms with E-state index < -0.39 is 5.97 Å². The second-order valence-corrected chi connectivity index (χ2v) is 5.16. The third kappa shape index (κ3) is 3.54. The lowest BCUT2D eigenvalue weighted by Crippen LogP contribution is -2.29. The minimum atomic E-state index is -0.451. The van der Waals surface area contributed by atoms with Crippen LogP contribution in [0.4, 0.5) is 0 Å². The highest BCUT2D eigenvalue weighted by Crippen LogP contribution is 2.25. The lowest BCUT2D eigenvalue weighted by atomic mass is 10.2. The van der Waals surface area contributed by atoms with Crippen LogP contribution in [-0.2, 0) is 9.53 Å². The molecular formula is C14H15NO3S. The standard InChI is InChI=1S/C14H15NO3S/c1-2-7-15-13(16)9-18-14(17)12-8-10-5-3-4-6-11(10)19-12/h3-6,8H,2,7,9H2,1H3,(H,15,16). The predicted octanol–water partition coefficient (Wildman–Crippen LogP) is 2.58. The van der Waals surface area contributed by atoms with Crippen LogP contribution in [0.2, 0.25) is 0 Å². The van der Waals surface area contributed by atoms with Crippen LogP contribution >= 0.6 is 11.3 Å². The summed E-state index contributed by atoms with van der Waals surface area (Å²) in [6.45, 7) is 2.33. The number of thiophene rings is 1. The molecular weight excluding hydrogens is 262 g/mol. The molecule has 2 rings (SSSR count). The van der Waals surface area contributed by atoms with Gasteiger partial charge in [-0.25, -0.2) is 4.79 Å². The number of carbonyl (C=O) groups excluding carboxylic acids is 2. The summed E-state index contributed by atoms with van der Waals surface area (Å²) in [6, 6.07) is 9.52. The van der Waals surface area contributed by atoms with Gasteiger partial charge in [0.25, 0.3) is 5.91 Å². The quantitative estimate of drug-likeness (QED) is 0.855. The first kappa shape index (κ1) is 13.5. The number of carbonyl (C=O) groups is 2. The van der Waals surface area contributed by atoms with Gasteiger partial charge < -0.3 is 10.1 Å². The molecule has 1 N–H and O–H groups in total. The summed E-state index contributed by atoms with van der Waals surface area (Å²) in [4.78, 5) is 23.6. The van der Waals surface area contributed by atoms with Crippen LogP contribution in [0.25, 0.3) is 10.1 Å².